The van der Waals surface area contributed by atoms with Gasteiger partial charge in [0.15, 0.2) is 17.3 Å². The molecule has 3 rings (SSSR count). The van der Waals surface area contributed by atoms with Gasteiger partial charge in [0.2, 0.25) is 5.91 Å². The van der Waals surface area contributed by atoms with Crippen molar-refractivity contribution in [2.45, 2.75) is 19.3 Å². The van der Waals surface area contributed by atoms with E-state index in [9.17, 15) is 19.1 Å². The molecule has 24 heavy (non-hydrogen) atoms. The Morgan fingerprint density at radius 2 is 2.17 bits per heavy atom. The topological polar surface area (TPSA) is 57.6 Å². The molecule has 126 valence electrons. The summed E-state index contributed by atoms with van der Waals surface area (Å²) in [5, 5.41) is 11.1. The number of hydrogen-bond donors (Lipinski definition) is 1. The van der Waals surface area contributed by atoms with Gasteiger partial charge in [-0.3, -0.25) is 9.59 Å². The van der Waals surface area contributed by atoms with Crippen molar-refractivity contribution < 1.29 is 19.1 Å². The second-order valence-corrected chi connectivity index (χ2v) is 6.93. The predicted octanol–water partition coefficient (Wildman–Crippen LogP) is 3.26. The first-order chi connectivity index (χ1) is 11.5. The monoisotopic (exact) mass is 347 g/mol. The van der Waals surface area contributed by atoms with E-state index in [2.05, 4.69) is 0 Å². The number of ketones is 1. The molecule has 1 aromatic carbocycles. The van der Waals surface area contributed by atoms with Gasteiger partial charge in [0.25, 0.3) is 0 Å². The van der Waals surface area contributed by atoms with Crippen molar-refractivity contribution in [2.24, 2.45) is 5.92 Å². The molecule has 1 N–H and O–H groups in total. The number of piperidine rings is 1. The summed E-state index contributed by atoms with van der Waals surface area (Å²) in [6.45, 7) is 1.03. The molecule has 0 aliphatic carbocycles. The molecule has 6 heteroatoms. The SMILES string of the molecule is O=C(c1cccs1)C1CCCN(C(=O)Cc2ccc(O)c(F)c2)C1. The molecule has 1 fully saturated rings. The summed E-state index contributed by atoms with van der Waals surface area (Å²) < 4.78 is 13.4. The third-order valence-corrected chi connectivity index (χ3v) is 5.16. The lowest BCUT2D eigenvalue weighted by molar-refractivity contribution is -0.131. The second-order valence-electron chi connectivity index (χ2n) is 5.98. The molecule has 0 radical (unpaired) electrons. The number of carbonyl (C=O) groups excluding carboxylic acids is 2. The lowest BCUT2D eigenvalue weighted by atomic mass is 9.92. The Kier molecular flexibility index (Phi) is 4.94. The van der Waals surface area contributed by atoms with Crippen LogP contribution < -0.4 is 0 Å². The first-order valence-corrected chi connectivity index (χ1v) is 8.75. The van der Waals surface area contributed by atoms with Gasteiger partial charge in [-0.1, -0.05) is 12.1 Å². The molecule has 1 amide bonds. The van der Waals surface area contributed by atoms with Crippen molar-refractivity contribution in [2.75, 3.05) is 13.1 Å². The van der Waals surface area contributed by atoms with Crippen molar-refractivity contribution >= 4 is 23.0 Å². The fraction of sp³-hybridized carbons (Fsp3) is 0.333. The molecule has 0 saturated carbocycles. The Morgan fingerprint density at radius 1 is 1.33 bits per heavy atom. The maximum atomic E-state index is 13.4. The van der Waals surface area contributed by atoms with Crippen molar-refractivity contribution in [1.29, 1.82) is 0 Å². The lowest BCUT2D eigenvalue weighted by Crippen LogP contribution is -2.42. The Bertz CT molecular complexity index is 745. The fourth-order valence-corrected chi connectivity index (χ4v) is 3.73. The Balaban J connectivity index is 1.64. The van der Waals surface area contributed by atoms with E-state index in [1.165, 1.54) is 29.5 Å². The van der Waals surface area contributed by atoms with Crippen LogP contribution in [0, 0.1) is 11.7 Å². The summed E-state index contributed by atoms with van der Waals surface area (Å²) in [6.07, 6.45) is 1.64. The summed E-state index contributed by atoms with van der Waals surface area (Å²) in [5.41, 5.74) is 0.516. The Morgan fingerprint density at radius 3 is 2.88 bits per heavy atom. The van der Waals surface area contributed by atoms with Crippen LogP contribution in [0.4, 0.5) is 4.39 Å². The number of hydrogen-bond acceptors (Lipinski definition) is 4. The highest BCUT2D eigenvalue weighted by Crippen LogP contribution is 2.24. The van der Waals surface area contributed by atoms with Crippen LogP contribution in [-0.2, 0) is 11.2 Å². The van der Waals surface area contributed by atoms with E-state index in [4.69, 9.17) is 0 Å². The molecular weight excluding hydrogens is 329 g/mol. The van der Waals surface area contributed by atoms with E-state index in [1.807, 2.05) is 17.5 Å². The molecule has 4 nitrogen and oxygen atoms in total. The van der Waals surface area contributed by atoms with E-state index < -0.39 is 11.6 Å². The first kappa shape index (κ1) is 16.6. The summed E-state index contributed by atoms with van der Waals surface area (Å²) in [5.74, 6) is -1.35. The minimum atomic E-state index is -0.732. The molecule has 1 atom stereocenters. The Labute approximate surface area is 143 Å². The number of aromatic hydroxyl groups is 1. The number of thiophene rings is 1. The smallest absolute Gasteiger partial charge is 0.227 e. The molecule has 0 bridgehead atoms. The zero-order valence-corrected chi connectivity index (χ0v) is 13.9. The van der Waals surface area contributed by atoms with Crippen molar-refractivity contribution in [3.8, 4) is 5.75 Å². The number of phenolic OH excluding ortho intramolecular Hbond substituents is 1. The zero-order chi connectivity index (χ0) is 17.1. The molecule has 1 aliphatic rings. The third-order valence-electron chi connectivity index (χ3n) is 4.28. The highest BCUT2D eigenvalue weighted by molar-refractivity contribution is 7.12. The van der Waals surface area contributed by atoms with Crippen LogP contribution in [0.2, 0.25) is 0 Å². The van der Waals surface area contributed by atoms with Gasteiger partial charge < -0.3 is 10.0 Å². The quantitative estimate of drug-likeness (QED) is 0.864. The lowest BCUT2D eigenvalue weighted by Gasteiger charge is -2.32. The molecule has 1 saturated heterocycles. The van der Waals surface area contributed by atoms with Gasteiger partial charge in [-0.2, -0.15) is 0 Å². The van der Waals surface area contributed by atoms with Crippen LogP contribution in [0.1, 0.15) is 28.1 Å². The molecule has 1 unspecified atom stereocenters. The highest BCUT2D eigenvalue weighted by Gasteiger charge is 2.29. The van der Waals surface area contributed by atoms with Crippen LogP contribution in [0.5, 0.6) is 5.75 Å². The number of amides is 1. The van der Waals surface area contributed by atoms with Gasteiger partial charge in [-0.25, -0.2) is 4.39 Å². The van der Waals surface area contributed by atoms with E-state index in [0.29, 0.717) is 18.7 Å². The number of nitrogens with zero attached hydrogens (tertiary/aromatic N) is 1. The minimum Gasteiger partial charge on any atom is -0.505 e. The van der Waals surface area contributed by atoms with Crippen molar-refractivity contribution in [1.82, 2.24) is 4.90 Å². The summed E-state index contributed by atoms with van der Waals surface area (Å²) in [4.78, 5) is 27.3. The van der Waals surface area contributed by atoms with Crippen molar-refractivity contribution in [3.05, 3.63) is 52.0 Å². The number of Topliss-reactive ketones (excluding diaryl/α,β-unsaturated/α-hetero) is 1. The van der Waals surface area contributed by atoms with E-state index >= 15 is 0 Å². The van der Waals surface area contributed by atoms with E-state index in [0.717, 1.165) is 17.7 Å². The van der Waals surface area contributed by atoms with Crippen LogP contribution in [0.25, 0.3) is 0 Å². The maximum Gasteiger partial charge on any atom is 0.227 e. The van der Waals surface area contributed by atoms with Gasteiger partial charge in [0, 0.05) is 19.0 Å². The average molecular weight is 347 g/mol. The van der Waals surface area contributed by atoms with Crippen LogP contribution in [-0.4, -0.2) is 34.8 Å². The van der Waals surface area contributed by atoms with Gasteiger partial charge in [0.05, 0.1) is 11.3 Å². The number of benzene rings is 1. The number of rotatable bonds is 4. The maximum absolute atomic E-state index is 13.4. The van der Waals surface area contributed by atoms with Crippen LogP contribution in [0.3, 0.4) is 0 Å². The van der Waals surface area contributed by atoms with E-state index in [-0.39, 0.29) is 24.0 Å². The summed E-state index contributed by atoms with van der Waals surface area (Å²) >= 11 is 1.42. The number of phenols is 1. The predicted molar refractivity (Wildman–Crippen MR) is 89.7 cm³/mol. The van der Waals surface area contributed by atoms with Crippen LogP contribution in [0.15, 0.2) is 35.7 Å². The molecule has 0 spiro atoms. The van der Waals surface area contributed by atoms with E-state index in [1.54, 1.807) is 4.90 Å². The standard InChI is InChI=1S/C18H18FNO3S/c19-14-9-12(5-6-15(14)21)10-17(22)20-7-1-3-13(11-20)18(23)16-4-2-8-24-16/h2,4-6,8-9,13,21H,1,3,7,10-11H2. The molecule has 1 aromatic heterocycles. The molecule has 1 aliphatic heterocycles. The first-order valence-electron chi connectivity index (χ1n) is 7.87. The molecule has 2 heterocycles. The largest absolute Gasteiger partial charge is 0.505 e. The fourth-order valence-electron chi connectivity index (χ4n) is 2.98. The average Bonchev–Trinajstić information content (AvgIpc) is 3.12. The van der Waals surface area contributed by atoms with Gasteiger partial charge >= 0.3 is 0 Å². The van der Waals surface area contributed by atoms with Crippen molar-refractivity contribution in [3.63, 3.8) is 0 Å². The summed E-state index contributed by atoms with van der Waals surface area (Å²) in [6, 6.07) is 7.62. The molecular formula is C18H18FNO3S. The highest BCUT2D eigenvalue weighted by atomic mass is 32.1. The van der Waals surface area contributed by atoms with Crippen LogP contribution >= 0.6 is 11.3 Å². The number of likely N-dealkylation sites (tertiary alicyclic amines) is 1. The Hall–Kier alpha value is -2.21. The summed E-state index contributed by atoms with van der Waals surface area (Å²) in [7, 11) is 0. The normalized spacial score (nSPS) is 17.7. The number of halogens is 1. The second kappa shape index (κ2) is 7.13. The zero-order valence-electron chi connectivity index (χ0n) is 13.1. The number of carbonyl (C=O) groups is 2. The van der Waals surface area contributed by atoms with Gasteiger partial charge in [0.1, 0.15) is 0 Å². The third kappa shape index (κ3) is 3.64. The van der Waals surface area contributed by atoms with Gasteiger partial charge in [-0.05, 0) is 42.0 Å². The molecule has 2 aromatic rings. The van der Waals surface area contributed by atoms with Gasteiger partial charge in [-0.15, -0.1) is 11.3 Å². The minimum absolute atomic E-state index is 0.0666.